The standard InChI is InChI=1S/C22H29F3N6O3SSi/c1-21(2,3)36(4,5)34-14-12-28-35(32,33)17-9-7-16(8-10-17)29-20-26-15-18(22(23,24)25)19(30-20)31-13-6-11-27-31/h6-11,13,15,28H,12,14H2,1-5H3,(H,26,29,30). The van der Waals surface area contributed by atoms with E-state index in [4.69, 9.17) is 4.43 Å². The maximum Gasteiger partial charge on any atom is 0.421 e. The van der Waals surface area contributed by atoms with Crippen molar-refractivity contribution in [2.24, 2.45) is 0 Å². The van der Waals surface area contributed by atoms with Gasteiger partial charge in [0.1, 0.15) is 5.56 Å². The van der Waals surface area contributed by atoms with E-state index < -0.39 is 35.9 Å². The van der Waals surface area contributed by atoms with Crippen LogP contribution in [0.4, 0.5) is 24.8 Å². The van der Waals surface area contributed by atoms with Crippen molar-refractivity contribution in [1.29, 1.82) is 0 Å². The fourth-order valence-corrected chi connectivity index (χ4v) is 4.89. The van der Waals surface area contributed by atoms with E-state index in [2.05, 4.69) is 59.0 Å². The summed E-state index contributed by atoms with van der Waals surface area (Å²) in [6.07, 6.45) is -1.33. The Kier molecular flexibility index (Phi) is 7.93. The van der Waals surface area contributed by atoms with Gasteiger partial charge in [-0.25, -0.2) is 22.8 Å². The molecule has 0 aliphatic carbocycles. The van der Waals surface area contributed by atoms with E-state index in [0.29, 0.717) is 11.9 Å². The van der Waals surface area contributed by atoms with Crippen LogP contribution in [0, 0.1) is 0 Å². The number of sulfonamides is 1. The van der Waals surface area contributed by atoms with E-state index in [1.165, 1.54) is 42.7 Å². The lowest BCUT2D eigenvalue weighted by molar-refractivity contribution is -0.138. The molecule has 1 aromatic carbocycles. The van der Waals surface area contributed by atoms with Gasteiger partial charge in [-0.15, -0.1) is 0 Å². The fraction of sp³-hybridized carbons (Fsp3) is 0.409. The number of aromatic nitrogens is 4. The summed E-state index contributed by atoms with van der Waals surface area (Å²) >= 11 is 0. The molecule has 0 spiro atoms. The first-order valence-electron chi connectivity index (χ1n) is 11.1. The summed E-state index contributed by atoms with van der Waals surface area (Å²) < 4.78 is 74.8. The molecule has 0 bridgehead atoms. The number of halogens is 3. The third-order valence-corrected chi connectivity index (χ3v) is 11.9. The largest absolute Gasteiger partial charge is 0.421 e. The van der Waals surface area contributed by atoms with Gasteiger partial charge in [-0.2, -0.15) is 23.3 Å². The summed E-state index contributed by atoms with van der Waals surface area (Å²) in [5, 5.41) is 6.63. The zero-order valence-corrected chi connectivity index (χ0v) is 22.4. The Morgan fingerprint density at radius 2 is 1.78 bits per heavy atom. The van der Waals surface area contributed by atoms with Gasteiger partial charge in [0.2, 0.25) is 16.0 Å². The first kappa shape index (κ1) is 27.8. The molecule has 3 aromatic rings. The second kappa shape index (κ2) is 10.3. The van der Waals surface area contributed by atoms with Gasteiger partial charge in [0, 0.05) is 37.4 Å². The molecule has 36 heavy (non-hydrogen) atoms. The molecule has 9 nitrogen and oxygen atoms in total. The van der Waals surface area contributed by atoms with Gasteiger partial charge >= 0.3 is 6.18 Å². The van der Waals surface area contributed by atoms with Crippen molar-refractivity contribution in [2.75, 3.05) is 18.5 Å². The molecule has 0 aliphatic rings. The van der Waals surface area contributed by atoms with Crippen molar-refractivity contribution in [1.82, 2.24) is 24.5 Å². The zero-order valence-electron chi connectivity index (χ0n) is 20.6. The van der Waals surface area contributed by atoms with Crippen LogP contribution in [0.15, 0.2) is 53.8 Å². The van der Waals surface area contributed by atoms with Crippen LogP contribution < -0.4 is 10.0 Å². The minimum absolute atomic E-state index is 0.0185. The van der Waals surface area contributed by atoms with Crippen molar-refractivity contribution < 1.29 is 26.0 Å². The van der Waals surface area contributed by atoms with E-state index in [-0.39, 0.29) is 29.0 Å². The third-order valence-electron chi connectivity index (χ3n) is 5.88. The van der Waals surface area contributed by atoms with Crippen molar-refractivity contribution in [3.63, 3.8) is 0 Å². The van der Waals surface area contributed by atoms with E-state index >= 15 is 0 Å². The van der Waals surface area contributed by atoms with E-state index in [9.17, 15) is 21.6 Å². The molecule has 0 radical (unpaired) electrons. The van der Waals surface area contributed by atoms with E-state index in [0.717, 1.165) is 4.68 Å². The number of alkyl halides is 3. The Hall–Kier alpha value is -2.81. The number of hydrogen-bond acceptors (Lipinski definition) is 7. The predicted molar refractivity (Wildman–Crippen MR) is 132 cm³/mol. The molecule has 0 fully saturated rings. The number of nitrogens with zero attached hydrogens (tertiary/aromatic N) is 4. The Morgan fingerprint density at radius 3 is 2.33 bits per heavy atom. The summed E-state index contributed by atoms with van der Waals surface area (Å²) in [4.78, 5) is 7.73. The van der Waals surface area contributed by atoms with E-state index in [1.807, 2.05) is 0 Å². The van der Waals surface area contributed by atoms with Gasteiger partial charge in [-0.05, 0) is 48.5 Å². The normalized spacial score (nSPS) is 13.1. The SMILES string of the molecule is CC(C)(C)[Si](C)(C)OCCNS(=O)(=O)c1ccc(Nc2ncc(C(F)(F)F)c(-n3cccn3)n2)cc1. The average Bonchev–Trinajstić information content (AvgIpc) is 3.30. The lowest BCUT2D eigenvalue weighted by Gasteiger charge is -2.36. The van der Waals surface area contributed by atoms with Crippen LogP contribution in [0.25, 0.3) is 5.82 Å². The first-order chi connectivity index (χ1) is 16.6. The smallest absolute Gasteiger partial charge is 0.415 e. The quantitative estimate of drug-likeness (QED) is 0.297. The molecule has 14 heteroatoms. The lowest BCUT2D eigenvalue weighted by Crippen LogP contribution is -2.42. The zero-order chi connectivity index (χ0) is 26.8. The molecule has 0 atom stereocenters. The van der Waals surface area contributed by atoms with Crippen LogP contribution in [-0.4, -0.2) is 49.6 Å². The van der Waals surface area contributed by atoms with Crippen LogP contribution in [0.5, 0.6) is 0 Å². The second-order valence-corrected chi connectivity index (χ2v) is 16.1. The highest BCUT2D eigenvalue weighted by atomic mass is 32.2. The molecule has 196 valence electrons. The summed E-state index contributed by atoms with van der Waals surface area (Å²) in [5.74, 6) is -0.543. The molecule has 0 amide bonds. The highest BCUT2D eigenvalue weighted by Crippen LogP contribution is 2.36. The van der Waals surface area contributed by atoms with Crippen LogP contribution in [0.3, 0.4) is 0 Å². The Balaban J connectivity index is 1.68. The molecule has 3 rings (SSSR count). The maximum atomic E-state index is 13.4. The number of anilines is 2. The van der Waals surface area contributed by atoms with Crippen molar-refractivity contribution >= 4 is 30.0 Å². The Bertz CT molecular complexity index is 1280. The molecule has 2 N–H and O–H groups in total. The van der Waals surface area contributed by atoms with Gasteiger partial charge in [-0.1, -0.05) is 20.8 Å². The maximum absolute atomic E-state index is 13.4. The molecular weight excluding hydrogens is 513 g/mol. The van der Waals surface area contributed by atoms with Crippen LogP contribution in [0.2, 0.25) is 18.1 Å². The Morgan fingerprint density at radius 1 is 1.11 bits per heavy atom. The number of hydrogen-bond donors (Lipinski definition) is 2. The van der Waals surface area contributed by atoms with Crippen LogP contribution in [-0.2, 0) is 20.6 Å². The van der Waals surface area contributed by atoms with Gasteiger partial charge in [0.25, 0.3) is 0 Å². The number of nitrogens with one attached hydrogen (secondary N) is 2. The molecular formula is C22H29F3N6O3SSi. The number of rotatable bonds is 9. The molecule has 0 unspecified atom stereocenters. The molecule has 0 aliphatic heterocycles. The van der Waals surface area contributed by atoms with Gasteiger partial charge in [-0.3, -0.25) is 0 Å². The molecule has 2 aromatic heterocycles. The lowest BCUT2D eigenvalue weighted by atomic mass is 10.2. The van der Waals surface area contributed by atoms with E-state index in [1.54, 1.807) is 0 Å². The minimum atomic E-state index is -4.67. The first-order valence-corrected chi connectivity index (χ1v) is 15.4. The minimum Gasteiger partial charge on any atom is -0.415 e. The van der Waals surface area contributed by atoms with Crippen molar-refractivity contribution in [3.05, 3.63) is 54.5 Å². The number of benzene rings is 1. The summed E-state index contributed by atoms with van der Waals surface area (Å²) in [7, 11) is -5.76. The van der Waals surface area contributed by atoms with Gasteiger partial charge in [0.05, 0.1) is 4.90 Å². The van der Waals surface area contributed by atoms with Gasteiger partial charge in [0.15, 0.2) is 14.1 Å². The molecule has 0 saturated heterocycles. The fourth-order valence-electron chi connectivity index (χ4n) is 2.83. The molecule has 2 heterocycles. The Labute approximate surface area is 209 Å². The van der Waals surface area contributed by atoms with Crippen LogP contribution in [0.1, 0.15) is 26.3 Å². The third kappa shape index (κ3) is 6.69. The second-order valence-electron chi connectivity index (χ2n) is 9.54. The van der Waals surface area contributed by atoms with Crippen molar-refractivity contribution in [3.8, 4) is 5.82 Å². The van der Waals surface area contributed by atoms with Gasteiger partial charge < -0.3 is 9.74 Å². The monoisotopic (exact) mass is 542 g/mol. The van der Waals surface area contributed by atoms with Crippen LogP contribution >= 0.6 is 0 Å². The average molecular weight is 543 g/mol. The highest BCUT2D eigenvalue weighted by Gasteiger charge is 2.37. The summed E-state index contributed by atoms with van der Waals surface area (Å²) in [5.41, 5.74) is -0.650. The van der Waals surface area contributed by atoms with Crippen molar-refractivity contribution in [2.45, 2.75) is 50.0 Å². The highest BCUT2D eigenvalue weighted by molar-refractivity contribution is 7.89. The summed E-state index contributed by atoms with van der Waals surface area (Å²) in [6, 6.07) is 7.16. The topological polar surface area (TPSA) is 111 Å². The molecule has 0 saturated carbocycles. The predicted octanol–water partition coefficient (Wildman–Crippen LogP) is 4.72. The summed E-state index contributed by atoms with van der Waals surface area (Å²) in [6.45, 7) is 10.9.